The van der Waals surface area contributed by atoms with Crippen molar-refractivity contribution in [3.05, 3.63) is 27.2 Å². The number of aromatic nitrogens is 2. The van der Waals surface area contributed by atoms with Crippen LogP contribution in [0, 0.1) is 6.92 Å². The van der Waals surface area contributed by atoms with E-state index in [9.17, 15) is 0 Å². The lowest BCUT2D eigenvalue weighted by Gasteiger charge is -2.28. The molecule has 1 fully saturated rings. The monoisotopic (exact) mass is 330 g/mol. The number of thiazole rings is 2. The zero-order valence-electron chi connectivity index (χ0n) is 11.4. The third-order valence-corrected chi connectivity index (χ3v) is 5.65. The highest BCUT2D eigenvalue weighted by Gasteiger charge is 2.37. The first-order valence-electron chi connectivity index (χ1n) is 6.56. The van der Waals surface area contributed by atoms with Crippen LogP contribution in [0.1, 0.15) is 41.3 Å². The van der Waals surface area contributed by atoms with Crippen LogP contribution in [0.25, 0.3) is 0 Å². The smallest absolute Gasteiger partial charge is 0.180 e. The Bertz CT molecular complexity index is 560. The van der Waals surface area contributed by atoms with Gasteiger partial charge in [-0.3, -0.25) is 0 Å². The predicted octanol–water partition coefficient (Wildman–Crippen LogP) is 3.47. The third kappa shape index (κ3) is 3.14. The normalized spacial score (nSPS) is 17.1. The largest absolute Gasteiger partial charge is 0.375 e. The number of rotatable bonds is 4. The molecule has 1 saturated carbocycles. The van der Waals surface area contributed by atoms with Crippen LogP contribution in [0.4, 0.5) is 5.13 Å². The molecule has 4 nitrogen and oxygen atoms in total. The molecule has 7 heteroatoms. The van der Waals surface area contributed by atoms with Gasteiger partial charge in [0.1, 0.15) is 5.01 Å². The van der Waals surface area contributed by atoms with Crippen LogP contribution < -0.4 is 11.1 Å². The van der Waals surface area contributed by atoms with Gasteiger partial charge in [0.25, 0.3) is 0 Å². The van der Waals surface area contributed by atoms with Gasteiger partial charge in [-0.2, -0.15) is 0 Å². The van der Waals surface area contributed by atoms with Gasteiger partial charge in [0.15, 0.2) is 5.13 Å². The Morgan fingerprint density at radius 3 is 2.70 bits per heavy atom. The maximum absolute atomic E-state index is 5.68. The van der Waals surface area contributed by atoms with Crippen molar-refractivity contribution in [2.24, 2.45) is 0 Å². The number of nitrogen functional groups attached to an aromatic ring is 1. The molecule has 2 aromatic heterocycles. The Hall–Kier alpha value is -0.690. The van der Waals surface area contributed by atoms with E-state index in [-0.39, 0.29) is 17.9 Å². The maximum atomic E-state index is 5.68. The summed E-state index contributed by atoms with van der Waals surface area (Å²) in [5.74, 6) is 0. The third-order valence-electron chi connectivity index (χ3n) is 3.66. The predicted molar refractivity (Wildman–Crippen MR) is 87.6 cm³/mol. The van der Waals surface area contributed by atoms with Gasteiger partial charge < -0.3 is 11.1 Å². The second kappa shape index (κ2) is 6.39. The van der Waals surface area contributed by atoms with E-state index < -0.39 is 0 Å². The Labute approximate surface area is 133 Å². The van der Waals surface area contributed by atoms with Gasteiger partial charge in [0.05, 0.1) is 5.54 Å². The van der Waals surface area contributed by atoms with Crippen LogP contribution in [0.15, 0.2) is 11.6 Å². The Morgan fingerprint density at radius 1 is 1.40 bits per heavy atom. The van der Waals surface area contributed by atoms with Crippen molar-refractivity contribution in [3.63, 3.8) is 0 Å². The molecule has 0 radical (unpaired) electrons. The van der Waals surface area contributed by atoms with Gasteiger partial charge in [-0.1, -0.05) is 12.8 Å². The number of hydrogen-bond donors (Lipinski definition) is 2. The number of halogens is 1. The van der Waals surface area contributed by atoms with Crippen LogP contribution in [0.3, 0.4) is 0 Å². The van der Waals surface area contributed by atoms with Crippen molar-refractivity contribution in [1.82, 2.24) is 15.3 Å². The molecule has 110 valence electrons. The summed E-state index contributed by atoms with van der Waals surface area (Å²) in [4.78, 5) is 10.00. The van der Waals surface area contributed by atoms with Crippen LogP contribution >= 0.6 is 35.1 Å². The molecular formula is C13H19ClN4S2. The van der Waals surface area contributed by atoms with Crippen molar-refractivity contribution >= 4 is 40.2 Å². The van der Waals surface area contributed by atoms with E-state index in [1.54, 1.807) is 22.7 Å². The molecule has 0 bridgehead atoms. The van der Waals surface area contributed by atoms with Crippen LogP contribution in [0.5, 0.6) is 0 Å². The standard InChI is InChI=1S/C13H18N4S2.ClH/c1-9-8-18-11(17-9)13(4-2-3-5-13)16-7-10-6-15-12(14)19-10;/h6,8,16H,2-5,7H2,1H3,(H2,14,15);1H. The van der Waals surface area contributed by atoms with Crippen molar-refractivity contribution in [2.45, 2.75) is 44.7 Å². The quantitative estimate of drug-likeness (QED) is 0.901. The summed E-state index contributed by atoms with van der Waals surface area (Å²) < 4.78 is 0. The van der Waals surface area contributed by atoms with Gasteiger partial charge >= 0.3 is 0 Å². The topological polar surface area (TPSA) is 63.8 Å². The lowest BCUT2D eigenvalue weighted by molar-refractivity contribution is 0.338. The van der Waals surface area contributed by atoms with Gasteiger partial charge in [0.2, 0.25) is 0 Å². The first-order chi connectivity index (χ1) is 9.18. The van der Waals surface area contributed by atoms with Crippen molar-refractivity contribution in [2.75, 3.05) is 5.73 Å². The molecule has 0 aliphatic heterocycles. The van der Waals surface area contributed by atoms with Crippen molar-refractivity contribution in [1.29, 1.82) is 0 Å². The SMILES string of the molecule is Cc1csc(C2(NCc3cnc(N)s3)CCCC2)n1.Cl. The molecule has 0 aromatic carbocycles. The number of anilines is 1. The van der Waals surface area contributed by atoms with Crippen LogP contribution in [0.2, 0.25) is 0 Å². The minimum Gasteiger partial charge on any atom is -0.375 e. The Morgan fingerprint density at radius 2 is 2.15 bits per heavy atom. The average molecular weight is 331 g/mol. The fourth-order valence-electron chi connectivity index (χ4n) is 2.68. The highest BCUT2D eigenvalue weighted by Crippen LogP contribution is 2.40. The van der Waals surface area contributed by atoms with Gasteiger partial charge in [-0.05, 0) is 19.8 Å². The highest BCUT2D eigenvalue weighted by molar-refractivity contribution is 7.15. The number of nitrogens with one attached hydrogen (secondary N) is 1. The Balaban J connectivity index is 0.00000147. The van der Waals surface area contributed by atoms with E-state index in [2.05, 4.69) is 22.6 Å². The van der Waals surface area contributed by atoms with Gasteiger partial charge in [-0.15, -0.1) is 35.1 Å². The molecule has 3 N–H and O–H groups in total. The van der Waals surface area contributed by atoms with Crippen LogP contribution in [-0.2, 0) is 12.1 Å². The van der Waals surface area contributed by atoms with Gasteiger partial charge in [-0.25, -0.2) is 9.97 Å². The summed E-state index contributed by atoms with van der Waals surface area (Å²) >= 11 is 3.33. The van der Waals surface area contributed by atoms with Crippen LogP contribution in [-0.4, -0.2) is 9.97 Å². The molecule has 2 heterocycles. The summed E-state index contributed by atoms with van der Waals surface area (Å²) in [6, 6.07) is 0. The van der Waals surface area contributed by atoms with E-state index in [4.69, 9.17) is 10.7 Å². The lowest BCUT2D eigenvalue weighted by atomic mass is 9.98. The van der Waals surface area contributed by atoms with E-state index >= 15 is 0 Å². The molecule has 1 aliphatic carbocycles. The second-order valence-electron chi connectivity index (χ2n) is 5.10. The van der Waals surface area contributed by atoms with Crippen molar-refractivity contribution < 1.29 is 0 Å². The summed E-state index contributed by atoms with van der Waals surface area (Å²) in [6.07, 6.45) is 6.76. The maximum Gasteiger partial charge on any atom is 0.180 e. The van der Waals surface area contributed by atoms with E-state index in [0.29, 0.717) is 5.13 Å². The molecule has 2 aromatic rings. The fourth-order valence-corrected chi connectivity index (χ4v) is 4.34. The lowest BCUT2D eigenvalue weighted by Crippen LogP contribution is -2.39. The minimum absolute atomic E-state index is 0. The van der Waals surface area contributed by atoms with Gasteiger partial charge in [0, 0.05) is 28.7 Å². The van der Waals surface area contributed by atoms with E-state index in [1.807, 2.05) is 6.20 Å². The molecule has 0 amide bonds. The van der Waals surface area contributed by atoms with E-state index in [0.717, 1.165) is 12.2 Å². The molecule has 0 spiro atoms. The molecule has 1 aliphatic rings. The number of aryl methyl sites for hydroxylation is 1. The molecule has 0 unspecified atom stereocenters. The number of nitrogens with zero attached hydrogens (tertiary/aromatic N) is 2. The zero-order chi connectivity index (χ0) is 13.3. The molecule has 3 rings (SSSR count). The second-order valence-corrected chi connectivity index (χ2v) is 7.11. The number of hydrogen-bond acceptors (Lipinski definition) is 6. The summed E-state index contributed by atoms with van der Waals surface area (Å²) in [5, 5.41) is 7.73. The van der Waals surface area contributed by atoms with E-state index in [1.165, 1.54) is 35.6 Å². The molecular weight excluding hydrogens is 312 g/mol. The molecule has 0 atom stereocenters. The number of nitrogens with two attached hydrogens (primary N) is 1. The first kappa shape index (κ1) is 15.7. The summed E-state index contributed by atoms with van der Waals surface area (Å²) in [7, 11) is 0. The Kier molecular flexibility index (Phi) is 5.01. The zero-order valence-corrected chi connectivity index (χ0v) is 13.8. The highest BCUT2D eigenvalue weighted by atomic mass is 35.5. The van der Waals surface area contributed by atoms with Crippen molar-refractivity contribution in [3.8, 4) is 0 Å². The fraction of sp³-hybridized carbons (Fsp3) is 0.538. The molecule has 20 heavy (non-hydrogen) atoms. The summed E-state index contributed by atoms with van der Waals surface area (Å²) in [5.41, 5.74) is 6.87. The molecule has 0 saturated heterocycles. The first-order valence-corrected chi connectivity index (χ1v) is 8.25. The average Bonchev–Trinajstić information content (AvgIpc) is 3.08. The summed E-state index contributed by atoms with van der Waals surface area (Å²) in [6.45, 7) is 2.89. The minimum atomic E-state index is 0.